The Balaban J connectivity index is 1.88. The highest BCUT2D eigenvalue weighted by Crippen LogP contribution is 2.20. The zero-order valence-electron chi connectivity index (χ0n) is 9.52. The van der Waals surface area contributed by atoms with Crippen molar-refractivity contribution in [2.75, 3.05) is 32.1 Å². The van der Waals surface area contributed by atoms with Crippen molar-refractivity contribution < 1.29 is 5.11 Å². The van der Waals surface area contributed by atoms with Gasteiger partial charge >= 0.3 is 0 Å². The summed E-state index contributed by atoms with van der Waals surface area (Å²) in [4.78, 5) is 2.35. The van der Waals surface area contributed by atoms with Crippen molar-refractivity contribution in [2.45, 2.75) is 19.4 Å². The average Bonchev–Trinajstić information content (AvgIpc) is 2.77. The van der Waals surface area contributed by atoms with Crippen molar-refractivity contribution in [3.8, 4) is 0 Å². The summed E-state index contributed by atoms with van der Waals surface area (Å²) in [5, 5.41) is 22.2. The molecule has 1 saturated heterocycles. The molecule has 1 aromatic rings. The minimum absolute atomic E-state index is 0.300. The Morgan fingerprint density at radius 3 is 3.12 bits per heavy atom. The highest BCUT2D eigenvalue weighted by Gasteiger charge is 2.20. The first-order valence-corrected chi connectivity index (χ1v) is 6.47. The molecule has 1 unspecified atom stereocenters. The van der Waals surface area contributed by atoms with Crippen LogP contribution in [0.15, 0.2) is 0 Å². The zero-order chi connectivity index (χ0) is 11.4. The fourth-order valence-electron chi connectivity index (χ4n) is 2.05. The Morgan fingerprint density at radius 1 is 1.56 bits per heavy atom. The summed E-state index contributed by atoms with van der Waals surface area (Å²) in [6, 6.07) is 0. The van der Waals surface area contributed by atoms with Crippen LogP contribution in [0.3, 0.4) is 0 Å². The van der Waals surface area contributed by atoms with Gasteiger partial charge in [-0.05, 0) is 25.3 Å². The van der Waals surface area contributed by atoms with Gasteiger partial charge in [0, 0.05) is 20.2 Å². The third-order valence-electron chi connectivity index (χ3n) is 2.90. The number of likely N-dealkylation sites (tertiary alicyclic amines) is 1. The van der Waals surface area contributed by atoms with E-state index in [1.54, 1.807) is 11.3 Å². The van der Waals surface area contributed by atoms with E-state index in [0.29, 0.717) is 12.5 Å². The monoisotopic (exact) mass is 242 g/mol. The van der Waals surface area contributed by atoms with Crippen LogP contribution in [-0.4, -0.2) is 46.9 Å². The van der Waals surface area contributed by atoms with Gasteiger partial charge in [-0.3, -0.25) is 4.90 Å². The topological polar surface area (TPSA) is 61.3 Å². The Bertz CT molecular complexity index is 330. The molecule has 1 aliphatic rings. The quantitative estimate of drug-likeness (QED) is 0.817. The summed E-state index contributed by atoms with van der Waals surface area (Å²) in [5.74, 6) is 0.436. The van der Waals surface area contributed by atoms with Crippen LogP contribution >= 0.6 is 11.3 Å². The molecule has 0 bridgehead atoms. The molecule has 1 atom stereocenters. The molecule has 90 valence electrons. The van der Waals surface area contributed by atoms with Gasteiger partial charge in [-0.25, -0.2) is 0 Å². The molecule has 0 aliphatic carbocycles. The lowest BCUT2D eigenvalue weighted by Gasteiger charge is -2.30. The minimum Gasteiger partial charge on any atom is -0.396 e. The summed E-state index contributed by atoms with van der Waals surface area (Å²) in [6.45, 7) is 3.24. The number of nitrogens with zero attached hydrogens (tertiary/aromatic N) is 3. The number of aromatic nitrogens is 2. The van der Waals surface area contributed by atoms with Crippen molar-refractivity contribution in [3.63, 3.8) is 0 Å². The van der Waals surface area contributed by atoms with Gasteiger partial charge in [-0.2, -0.15) is 0 Å². The van der Waals surface area contributed by atoms with E-state index in [9.17, 15) is 0 Å². The van der Waals surface area contributed by atoms with Crippen LogP contribution in [0.25, 0.3) is 0 Å². The predicted octanol–water partition coefficient (Wildman–Crippen LogP) is 0.784. The van der Waals surface area contributed by atoms with E-state index in [0.717, 1.165) is 36.2 Å². The third kappa shape index (κ3) is 2.90. The van der Waals surface area contributed by atoms with Crippen LogP contribution in [0.1, 0.15) is 17.8 Å². The van der Waals surface area contributed by atoms with E-state index in [1.165, 1.54) is 6.42 Å². The smallest absolute Gasteiger partial charge is 0.205 e. The second kappa shape index (κ2) is 5.56. The van der Waals surface area contributed by atoms with E-state index in [4.69, 9.17) is 5.11 Å². The number of nitrogens with one attached hydrogen (secondary N) is 1. The number of anilines is 1. The van der Waals surface area contributed by atoms with Crippen LogP contribution in [0.4, 0.5) is 5.13 Å². The molecule has 0 saturated carbocycles. The first-order chi connectivity index (χ1) is 7.81. The Kier molecular flexibility index (Phi) is 4.09. The minimum atomic E-state index is 0.300. The second-order valence-corrected chi connectivity index (χ2v) is 5.24. The van der Waals surface area contributed by atoms with Gasteiger partial charge in [0.1, 0.15) is 5.01 Å². The molecule has 6 heteroatoms. The SMILES string of the molecule is CNc1nnc(CN2CCCC(CO)C2)s1. The lowest BCUT2D eigenvalue weighted by molar-refractivity contribution is 0.115. The molecule has 16 heavy (non-hydrogen) atoms. The van der Waals surface area contributed by atoms with Crippen molar-refractivity contribution in [1.29, 1.82) is 0 Å². The highest BCUT2D eigenvalue weighted by atomic mass is 32.1. The van der Waals surface area contributed by atoms with Gasteiger partial charge in [0.25, 0.3) is 0 Å². The fraction of sp³-hybridized carbons (Fsp3) is 0.800. The van der Waals surface area contributed by atoms with Crippen LogP contribution in [0.5, 0.6) is 0 Å². The maximum absolute atomic E-state index is 9.16. The number of aliphatic hydroxyl groups is 1. The lowest BCUT2D eigenvalue weighted by atomic mass is 9.99. The van der Waals surface area contributed by atoms with Gasteiger partial charge in [0.05, 0.1) is 6.54 Å². The van der Waals surface area contributed by atoms with E-state index in [1.807, 2.05) is 7.05 Å². The predicted molar refractivity (Wildman–Crippen MR) is 64.5 cm³/mol. The molecule has 2 N–H and O–H groups in total. The number of aliphatic hydroxyl groups excluding tert-OH is 1. The average molecular weight is 242 g/mol. The number of piperidine rings is 1. The van der Waals surface area contributed by atoms with Crippen LogP contribution in [0.2, 0.25) is 0 Å². The molecule has 2 heterocycles. The molecule has 2 rings (SSSR count). The summed E-state index contributed by atoms with van der Waals surface area (Å²) in [5.41, 5.74) is 0. The van der Waals surface area contributed by atoms with Crippen molar-refractivity contribution in [3.05, 3.63) is 5.01 Å². The first kappa shape index (κ1) is 11.8. The van der Waals surface area contributed by atoms with E-state index in [-0.39, 0.29) is 0 Å². The van der Waals surface area contributed by atoms with Gasteiger partial charge in [-0.1, -0.05) is 11.3 Å². The lowest BCUT2D eigenvalue weighted by Crippen LogP contribution is -2.36. The third-order valence-corrected chi connectivity index (χ3v) is 3.83. The van der Waals surface area contributed by atoms with Gasteiger partial charge in [0.2, 0.25) is 5.13 Å². The fourth-order valence-corrected chi connectivity index (χ4v) is 2.79. The van der Waals surface area contributed by atoms with Crippen molar-refractivity contribution in [1.82, 2.24) is 15.1 Å². The number of rotatable bonds is 4. The van der Waals surface area contributed by atoms with E-state index >= 15 is 0 Å². The maximum atomic E-state index is 9.16. The van der Waals surface area contributed by atoms with Crippen LogP contribution in [-0.2, 0) is 6.54 Å². The normalized spacial score (nSPS) is 22.2. The Hall–Kier alpha value is -0.720. The van der Waals surface area contributed by atoms with Gasteiger partial charge < -0.3 is 10.4 Å². The van der Waals surface area contributed by atoms with E-state index < -0.39 is 0 Å². The summed E-state index contributed by atoms with van der Waals surface area (Å²) >= 11 is 1.60. The molecular weight excluding hydrogens is 224 g/mol. The standard InChI is InChI=1S/C10H18N4OS/c1-11-10-13-12-9(16-10)6-14-4-2-3-8(5-14)7-15/h8,15H,2-7H2,1H3,(H,11,13). The first-order valence-electron chi connectivity index (χ1n) is 5.65. The molecule has 1 aliphatic heterocycles. The highest BCUT2D eigenvalue weighted by molar-refractivity contribution is 7.15. The molecule has 0 radical (unpaired) electrons. The second-order valence-electron chi connectivity index (χ2n) is 4.18. The molecule has 1 fully saturated rings. The number of hydrogen-bond acceptors (Lipinski definition) is 6. The van der Waals surface area contributed by atoms with Gasteiger partial charge in [0.15, 0.2) is 0 Å². The molecule has 0 amide bonds. The zero-order valence-corrected chi connectivity index (χ0v) is 10.3. The molecular formula is C10H18N4OS. The van der Waals surface area contributed by atoms with Crippen molar-refractivity contribution >= 4 is 16.5 Å². The summed E-state index contributed by atoms with van der Waals surface area (Å²) < 4.78 is 0. The summed E-state index contributed by atoms with van der Waals surface area (Å²) in [7, 11) is 1.85. The molecule has 1 aromatic heterocycles. The summed E-state index contributed by atoms with van der Waals surface area (Å²) in [6.07, 6.45) is 2.31. The largest absolute Gasteiger partial charge is 0.396 e. The molecule has 5 nitrogen and oxygen atoms in total. The molecule has 0 aromatic carbocycles. The van der Waals surface area contributed by atoms with Crippen LogP contribution in [0, 0.1) is 5.92 Å². The van der Waals surface area contributed by atoms with Gasteiger partial charge in [-0.15, -0.1) is 10.2 Å². The maximum Gasteiger partial charge on any atom is 0.205 e. The van der Waals surface area contributed by atoms with E-state index in [2.05, 4.69) is 20.4 Å². The number of hydrogen-bond donors (Lipinski definition) is 2. The Labute approximate surface area is 99.5 Å². The van der Waals surface area contributed by atoms with Crippen molar-refractivity contribution in [2.24, 2.45) is 5.92 Å². The molecule has 0 spiro atoms. The van der Waals surface area contributed by atoms with Crippen LogP contribution < -0.4 is 5.32 Å². The Morgan fingerprint density at radius 2 is 2.44 bits per heavy atom.